The average molecular weight is 623 g/mol. The summed E-state index contributed by atoms with van der Waals surface area (Å²) in [6.07, 6.45) is 29.2. The quantitative estimate of drug-likeness (QED) is 0.219. The molecule has 0 N–H and O–H groups in total. The summed E-state index contributed by atoms with van der Waals surface area (Å²) < 4.78 is 0. The van der Waals surface area contributed by atoms with Crippen LogP contribution in [0.25, 0.3) is 22.3 Å². The van der Waals surface area contributed by atoms with Gasteiger partial charge in [0.2, 0.25) is 0 Å². The normalized spacial score (nSPS) is 21.7. The Kier molecular flexibility index (Phi) is 10.9. The van der Waals surface area contributed by atoms with E-state index in [1.54, 1.807) is 21.7 Å². The summed E-state index contributed by atoms with van der Waals surface area (Å²) in [5.74, 6) is 0. The molecule has 4 fully saturated rings. The molecule has 0 nitrogen and oxygen atoms in total. The molecule has 4 aliphatic rings. The molecule has 0 radical (unpaired) electrons. The van der Waals surface area contributed by atoms with E-state index in [9.17, 15) is 0 Å². The van der Waals surface area contributed by atoms with E-state index in [1.807, 2.05) is 0 Å². The largest absolute Gasteiger partial charge is 0.0683 e. The fraction of sp³-hybridized carbons (Fsp3) is 0.571. The van der Waals surface area contributed by atoms with Gasteiger partial charge in [-0.15, -0.1) is 0 Å². The van der Waals surface area contributed by atoms with Crippen molar-refractivity contribution in [1.29, 1.82) is 0 Å². The van der Waals surface area contributed by atoms with Crippen molar-refractivity contribution in [2.45, 2.75) is 151 Å². The standard InChI is InChI=1S/C42H56P2/c1-6-19-33(20-7-1)38-30-18-32-41(44(36-25-12-4-13-26-36)37-27-14-5-15-28-37)42(38)39-29-16-17-31-40(39)43(34-21-8-2-9-22-34)35-23-10-3-11-24-35/h1,6-7,16-20,29-32,34-37H,2-5,8-15,21-28H2. The molecule has 3 aromatic rings. The molecule has 4 aliphatic carbocycles. The topological polar surface area (TPSA) is 0 Å². The Morgan fingerprint density at radius 1 is 0.341 bits per heavy atom. The van der Waals surface area contributed by atoms with Crippen molar-refractivity contribution in [1.82, 2.24) is 0 Å². The Morgan fingerprint density at radius 2 is 0.727 bits per heavy atom. The average Bonchev–Trinajstić information content (AvgIpc) is 3.11. The van der Waals surface area contributed by atoms with Crippen molar-refractivity contribution < 1.29 is 0 Å². The van der Waals surface area contributed by atoms with E-state index < -0.39 is 0 Å². The van der Waals surface area contributed by atoms with E-state index in [4.69, 9.17) is 0 Å². The predicted octanol–water partition coefficient (Wildman–Crippen LogP) is 12.6. The second kappa shape index (κ2) is 15.4. The molecule has 7 rings (SSSR count). The summed E-state index contributed by atoms with van der Waals surface area (Å²) in [4.78, 5) is 0. The SMILES string of the molecule is c1ccc(-c2cccc(P(C3CCCCC3)C3CCCCC3)c2-c2ccccc2P(C2CCCCC2)C2CCCCC2)cc1. The monoisotopic (exact) mass is 622 g/mol. The molecule has 0 spiro atoms. The summed E-state index contributed by atoms with van der Waals surface area (Å²) in [5, 5.41) is 3.57. The number of benzene rings is 3. The second-order valence-electron chi connectivity index (χ2n) is 14.6. The molecule has 234 valence electrons. The zero-order valence-corrected chi connectivity index (χ0v) is 29.1. The molecule has 0 amide bonds. The maximum Gasteiger partial charge on any atom is -0.00218 e. The highest BCUT2D eigenvalue weighted by Crippen LogP contribution is 2.59. The summed E-state index contributed by atoms with van der Waals surface area (Å²) in [7, 11) is -0.368. The molecule has 0 atom stereocenters. The van der Waals surface area contributed by atoms with Crippen LogP contribution in [-0.2, 0) is 0 Å². The van der Waals surface area contributed by atoms with Gasteiger partial charge in [-0.1, -0.05) is 166 Å². The van der Waals surface area contributed by atoms with Crippen LogP contribution in [0.15, 0.2) is 72.8 Å². The Hall–Kier alpha value is -1.48. The van der Waals surface area contributed by atoms with Crippen molar-refractivity contribution in [2.24, 2.45) is 0 Å². The summed E-state index contributed by atoms with van der Waals surface area (Å²) >= 11 is 0. The Labute approximate surface area is 271 Å². The van der Waals surface area contributed by atoms with Gasteiger partial charge in [0, 0.05) is 0 Å². The molecule has 2 heteroatoms. The van der Waals surface area contributed by atoms with Crippen LogP contribution in [0.4, 0.5) is 0 Å². The molecule has 4 saturated carbocycles. The lowest BCUT2D eigenvalue weighted by Gasteiger charge is -2.41. The van der Waals surface area contributed by atoms with E-state index in [1.165, 1.54) is 140 Å². The maximum atomic E-state index is 2.65. The lowest BCUT2D eigenvalue weighted by Crippen LogP contribution is -2.29. The van der Waals surface area contributed by atoms with Crippen LogP contribution in [0.5, 0.6) is 0 Å². The first-order valence-electron chi connectivity index (χ1n) is 18.7. The molecule has 0 unspecified atom stereocenters. The lowest BCUT2D eigenvalue weighted by atomic mass is 9.94. The minimum absolute atomic E-state index is 0.171. The van der Waals surface area contributed by atoms with Crippen molar-refractivity contribution >= 4 is 26.5 Å². The molecule has 3 aromatic carbocycles. The molecule has 0 heterocycles. The van der Waals surface area contributed by atoms with Crippen LogP contribution in [-0.4, -0.2) is 22.6 Å². The Balaban J connectivity index is 1.42. The molecular weight excluding hydrogens is 566 g/mol. The molecule has 0 bridgehead atoms. The van der Waals surface area contributed by atoms with Gasteiger partial charge in [-0.25, -0.2) is 0 Å². The lowest BCUT2D eigenvalue weighted by molar-refractivity contribution is 0.487. The van der Waals surface area contributed by atoms with E-state index >= 15 is 0 Å². The molecule has 0 aliphatic heterocycles. The van der Waals surface area contributed by atoms with Gasteiger partial charge in [0.05, 0.1) is 0 Å². The first-order chi connectivity index (χ1) is 21.9. The van der Waals surface area contributed by atoms with Crippen molar-refractivity contribution in [2.75, 3.05) is 0 Å². The van der Waals surface area contributed by atoms with Crippen LogP contribution in [0.3, 0.4) is 0 Å². The van der Waals surface area contributed by atoms with Crippen LogP contribution < -0.4 is 10.6 Å². The Bertz CT molecular complexity index is 1270. The van der Waals surface area contributed by atoms with Gasteiger partial charge in [0.25, 0.3) is 0 Å². The summed E-state index contributed by atoms with van der Waals surface area (Å²) in [6.45, 7) is 0. The molecule has 44 heavy (non-hydrogen) atoms. The van der Waals surface area contributed by atoms with Crippen LogP contribution in [0.1, 0.15) is 128 Å². The van der Waals surface area contributed by atoms with E-state index in [2.05, 4.69) is 72.8 Å². The van der Waals surface area contributed by atoms with Crippen molar-refractivity contribution in [3.8, 4) is 22.3 Å². The highest BCUT2D eigenvalue weighted by Gasteiger charge is 2.37. The second-order valence-corrected chi connectivity index (χ2v) is 20.1. The van der Waals surface area contributed by atoms with Crippen molar-refractivity contribution in [3.05, 3.63) is 72.8 Å². The smallest absolute Gasteiger partial charge is 0.00218 e. The van der Waals surface area contributed by atoms with Gasteiger partial charge >= 0.3 is 0 Å². The minimum atomic E-state index is -0.197. The fourth-order valence-electron chi connectivity index (χ4n) is 9.63. The Morgan fingerprint density at radius 3 is 1.23 bits per heavy atom. The number of rotatable bonds is 8. The zero-order valence-electron chi connectivity index (χ0n) is 27.3. The third kappa shape index (κ3) is 6.94. The molecular formula is C42H56P2. The predicted molar refractivity (Wildman–Crippen MR) is 198 cm³/mol. The fourth-order valence-corrected chi connectivity index (χ4v) is 17.6. The first kappa shape index (κ1) is 31.1. The summed E-state index contributed by atoms with van der Waals surface area (Å²) in [6, 6.07) is 29.1. The maximum absolute atomic E-state index is 2.65. The highest BCUT2D eigenvalue weighted by molar-refractivity contribution is 7.68. The number of hydrogen-bond acceptors (Lipinski definition) is 0. The van der Waals surface area contributed by atoms with Gasteiger partial charge in [0.15, 0.2) is 0 Å². The van der Waals surface area contributed by atoms with E-state index in [0.717, 1.165) is 22.6 Å². The summed E-state index contributed by atoms with van der Waals surface area (Å²) in [5.41, 5.74) is 9.91. The zero-order chi connectivity index (χ0) is 29.6. The van der Waals surface area contributed by atoms with Gasteiger partial charge in [0.1, 0.15) is 0 Å². The number of hydrogen-bond donors (Lipinski definition) is 0. The van der Waals surface area contributed by atoms with Crippen LogP contribution >= 0.6 is 15.8 Å². The first-order valence-corrected chi connectivity index (χ1v) is 21.7. The van der Waals surface area contributed by atoms with Gasteiger partial charge < -0.3 is 0 Å². The minimum Gasteiger partial charge on any atom is -0.0683 e. The van der Waals surface area contributed by atoms with Gasteiger partial charge in [-0.3, -0.25) is 0 Å². The van der Waals surface area contributed by atoms with Crippen LogP contribution in [0.2, 0.25) is 0 Å². The third-order valence-electron chi connectivity index (χ3n) is 11.7. The van der Waals surface area contributed by atoms with Gasteiger partial charge in [-0.05, 0) is 107 Å². The molecule has 0 saturated heterocycles. The molecule has 0 aromatic heterocycles. The van der Waals surface area contributed by atoms with E-state index in [0.29, 0.717) is 0 Å². The third-order valence-corrected chi connectivity index (χ3v) is 18.8. The van der Waals surface area contributed by atoms with E-state index in [-0.39, 0.29) is 15.8 Å². The van der Waals surface area contributed by atoms with Crippen molar-refractivity contribution in [3.63, 3.8) is 0 Å². The van der Waals surface area contributed by atoms with Crippen LogP contribution in [0, 0.1) is 0 Å². The highest BCUT2D eigenvalue weighted by atomic mass is 31.1. The van der Waals surface area contributed by atoms with Gasteiger partial charge in [-0.2, -0.15) is 0 Å².